The van der Waals surface area contributed by atoms with Crippen molar-refractivity contribution >= 4 is 11.9 Å². The molecule has 0 radical (unpaired) electrons. The van der Waals surface area contributed by atoms with Gasteiger partial charge in [-0.1, -0.05) is 98.9 Å². The molecule has 3 aliphatic heterocycles. The maximum absolute atomic E-state index is 14.1. The Balaban J connectivity index is 2.03. The first-order valence-electron chi connectivity index (χ1n) is 28.2. The third kappa shape index (κ3) is 25.2. The molecule has 19 atom stereocenters. The lowest BCUT2D eigenvalue weighted by atomic mass is 9.82. The highest BCUT2D eigenvalue weighted by Gasteiger charge is 2.51. The normalized spacial score (nSPS) is 39.8. The van der Waals surface area contributed by atoms with E-state index >= 15 is 0 Å². The van der Waals surface area contributed by atoms with Crippen LogP contribution in [0.15, 0.2) is 85.1 Å². The summed E-state index contributed by atoms with van der Waals surface area (Å²) in [4.78, 5) is 28.8. The molecule has 0 aromatic heterocycles. The number of nitrogens with zero attached hydrogens (tertiary/aromatic N) is 2. The van der Waals surface area contributed by atoms with E-state index in [0.717, 1.165) is 0 Å². The van der Waals surface area contributed by atoms with Gasteiger partial charge in [-0.15, -0.1) is 0 Å². The highest BCUT2D eigenvalue weighted by atomic mass is 16.7. The summed E-state index contributed by atoms with van der Waals surface area (Å²) in [5.74, 6) is -5.58. The van der Waals surface area contributed by atoms with Crippen LogP contribution in [0, 0.1) is 17.8 Å². The fourth-order valence-electron chi connectivity index (χ4n) is 10.00. The average Bonchev–Trinajstić information content (AvgIpc) is 3.45. The lowest BCUT2D eigenvalue weighted by molar-refractivity contribution is -0.869. The highest BCUT2D eigenvalue weighted by Crippen LogP contribution is 2.38. The number of fused-ring (bicyclic) bond motifs is 2. The topological polar surface area (TPSA) is 341 Å². The lowest BCUT2D eigenvalue weighted by Crippen LogP contribution is -2.64. The second kappa shape index (κ2) is 35.4. The zero-order valence-corrected chi connectivity index (χ0v) is 47.8. The van der Waals surface area contributed by atoms with E-state index in [2.05, 4.69) is 5.32 Å². The molecule has 0 unspecified atom stereocenters. The molecule has 3 aliphatic rings. The van der Waals surface area contributed by atoms with E-state index in [1.807, 2.05) is 87.7 Å². The van der Waals surface area contributed by atoms with Crippen LogP contribution in [-0.2, 0) is 28.5 Å². The van der Waals surface area contributed by atoms with Gasteiger partial charge in [0.1, 0.15) is 12.2 Å². The molecular formula is C58H100N5O16+. The number of amides is 1. The molecule has 1 amide bonds. The van der Waals surface area contributed by atoms with Crippen molar-refractivity contribution in [1.82, 2.24) is 10.2 Å². The smallest absolute Gasteiger partial charge is 0.308 e. The van der Waals surface area contributed by atoms with Crippen LogP contribution in [0.1, 0.15) is 91.9 Å². The monoisotopic (exact) mass is 1120 g/mol. The number of hydrogen-bond acceptors (Lipinski definition) is 19. The Hall–Kier alpha value is -3.56. The molecule has 0 saturated carbocycles. The number of carbonyl (C=O) groups is 2. The van der Waals surface area contributed by atoms with Gasteiger partial charge >= 0.3 is 5.97 Å². The third-order valence-corrected chi connectivity index (χ3v) is 14.8. The summed E-state index contributed by atoms with van der Waals surface area (Å²) < 4.78 is 25.1. The molecule has 0 aromatic rings. The summed E-state index contributed by atoms with van der Waals surface area (Å²) in [6.07, 6.45) is 6.34. The molecule has 21 heteroatoms. The second-order valence-corrected chi connectivity index (χ2v) is 22.8. The van der Waals surface area contributed by atoms with Gasteiger partial charge in [-0.3, -0.25) is 14.5 Å². The van der Waals surface area contributed by atoms with Crippen LogP contribution in [0.5, 0.6) is 0 Å². The average molecular weight is 1120 g/mol. The molecule has 2 saturated heterocycles. The summed E-state index contributed by atoms with van der Waals surface area (Å²) >= 11 is 0. The maximum Gasteiger partial charge on any atom is 0.308 e. The van der Waals surface area contributed by atoms with Gasteiger partial charge in [0.25, 0.3) is 0 Å². The summed E-state index contributed by atoms with van der Waals surface area (Å²) in [6.45, 7) is 9.35. The molecule has 3 rings (SSSR count). The van der Waals surface area contributed by atoms with Crippen molar-refractivity contribution in [2.24, 2.45) is 29.2 Å². The lowest BCUT2D eigenvalue weighted by Gasteiger charge is -2.48. The summed E-state index contributed by atoms with van der Waals surface area (Å²) in [6, 6.07) is -0.846. The first-order chi connectivity index (χ1) is 37.3. The number of rotatable bonds is 13. The predicted octanol–water partition coefficient (Wildman–Crippen LogP) is 0.490. The van der Waals surface area contributed by atoms with E-state index in [-0.39, 0.29) is 38.1 Å². The number of hydrogen-bond donors (Lipinski definition) is 13. The number of aliphatic hydroxyl groups is 10. The Morgan fingerprint density at radius 3 is 1.84 bits per heavy atom. The number of aliphatic hydroxyl groups excluding tert-OH is 9. The van der Waals surface area contributed by atoms with Crippen molar-refractivity contribution in [2.75, 3.05) is 60.4 Å². The summed E-state index contributed by atoms with van der Waals surface area (Å²) in [5, 5.41) is 116. The van der Waals surface area contributed by atoms with Gasteiger partial charge in [-0.05, 0) is 72.1 Å². The Morgan fingerprint density at radius 1 is 0.696 bits per heavy atom. The number of carbonyl (C=O) groups excluding carboxylic acids is 2. The Bertz CT molecular complexity index is 1970. The molecule has 21 nitrogen and oxygen atoms in total. The quantitative estimate of drug-likeness (QED) is 0.0882. The molecule has 2 fully saturated rings. The van der Waals surface area contributed by atoms with Crippen molar-refractivity contribution < 1.29 is 84.1 Å². The number of esters is 1. The van der Waals surface area contributed by atoms with E-state index in [1.165, 1.54) is 0 Å². The van der Waals surface area contributed by atoms with Crippen molar-refractivity contribution in [1.29, 1.82) is 0 Å². The number of quaternary nitrogens is 1. The van der Waals surface area contributed by atoms with E-state index in [4.69, 9.17) is 30.4 Å². The SMILES string of the molecule is C[C@@H]1[C@H](O)[C@@H](C)/C=C/C=C/C=C/C=C/C=C/C=C/C=C/[C@H](O[C@@H]2O[C@H](C)[C@@H](O)[C@H](N(CCCN)CCCN)[C@@H]2O)C[C@@H]2O[C@](O)(C[C@@H](O)C[C@@H](O)[C@H](O)CC[C@@H](O)C[C@@H](O)CC(=O)O[C@H]1C)C[C@H](O)[C@H]2C(=O)NCC[N+](C)(C)C. The largest absolute Gasteiger partial charge is 0.462 e. The number of cyclic esters (lactones) is 1. The van der Waals surface area contributed by atoms with Crippen LogP contribution in [0.4, 0.5) is 0 Å². The van der Waals surface area contributed by atoms with Crippen LogP contribution in [-0.4, -0.2) is 230 Å². The summed E-state index contributed by atoms with van der Waals surface area (Å²) in [5.41, 5.74) is 11.7. The van der Waals surface area contributed by atoms with E-state index < -0.39 is 147 Å². The predicted molar refractivity (Wildman–Crippen MR) is 300 cm³/mol. The number of likely N-dealkylation sites (N-methyl/N-ethyl adjacent to an activating group) is 1. The molecular weight excluding hydrogens is 1020 g/mol. The molecule has 0 aromatic carbocycles. The van der Waals surface area contributed by atoms with Crippen LogP contribution < -0.4 is 16.8 Å². The van der Waals surface area contributed by atoms with E-state index in [1.54, 1.807) is 51.2 Å². The van der Waals surface area contributed by atoms with Crippen LogP contribution in [0.2, 0.25) is 0 Å². The van der Waals surface area contributed by atoms with Crippen LogP contribution >= 0.6 is 0 Å². The van der Waals surface area contributed by atoms with Gasteiger partial charge in [0.15, 0.2) is 12.1 Å². The maximum atomic E-state index is 14.1. The number of allylic oxidation sites excluding steroid dienone is 12. The van der Waals surface area contributed by atoms with E-state index in [0.29, 0.717) is 50.0 Å². The van der Waals surface area contributed by atoms with Crippen molar-refractivity contribution in [3.63, 3.8) is 0 Å². The van der Waals surface area contributed by atoms with E-state index in [9.17, 15) is 60.7 Å². The third-order valence-electron chi connectivity index (χ3n) is 14.8. The minimum absolute atomic E-state index is 0.0960. The minimum atomic E-state index is -2.28. The molecule has 0 aliphatic carbocycles. The second-order valence-electron chi connectivity index (χ2n) is 22.8. The first-order valence-corrected chi connectivity index (χ1v) is 28.2. The molecule has 452 valence electrons. The molecule has 3 heterocycles. The van der Waals surface area contributed by atoms with Gasteiger partial charge in [0, 0.05) is 37.5 Å². The van der Waals surface area contributed by atoms with Gasteiger partial charge in [0.05, 0.1) is 120 Å². The molecule has 0 spiro atoms. The summed E-state index contributed by atoms with van der Waals surface area (Å²) in [7, 11) is 5.87. The highest BCUT2D eigenvalue weighted by molar-refractivity contribution is 5.80. The molecule has 15 N–H and O–H groups in total. The molecule has 2 bridgehead atoms. The van der Waals surface area contributed by atoms with Crippen molar-refractivity contribution in [3.8, 4) is 0 Å². The van der Waals surface area contributed by atoms with Crippen LogP contribution in [0.3, 0.4) is 0 Å². The fraction of sp³-hybridized carbons (Fsp3) is 0.724. The zero-order valence-electron chi connectivity index (χ0n) is 47.8. The minimum Gasteiger partial charge on any atom is -0.462 e. The van der Waals surface area contributed by atoms with Crippen molar-refractivity contribution in [3.05, 3.63) is 85.1 Å². The number of nitrogens with two attached hydrogens (primary N) is 2. The standard InChI is InChI=1S/C58H99N5O16/c1-38-22-18-16-14-12-10-8-9-11-13-15-17-19-23-45(78-57-55(73)52(54(72)41(4)77-57)62(29-20-26-59)30-21-27-60)35-49-51(56(74)61-28-31-63(5,6)7)48(69)37-58(75,79-49)36-44(66)33-47(68)46(67)25-24-42(64)32-43(65)34-50(70)76-40(3)39(2)53(38)71/h8-19,22-23,38-49,51-55,57,64-69,71-73,75H,20-21,24-37,59-60H2,1-7H3/p+1/b9-8+,12-10+,13-11+,16-14+,17-15+,22-18+,23-19+/t38-,39-,40-,41+,42+,43+,44-,45-,46+,47+,48-,49-,51+,52-,53+,54+,55-,57-,58+/m0/s1. The Labute approximate surface area is 468 Å². The fourth-order valence-corrected chi connectivity index (χ4v) is 10.00. The zero-order chi connectivity index (χ0) is 58.9. The van der Waals surface area contributed by atoms with Gasteiger partial charge in [-0.2, -0.15) is 0 Å². The van der Waals surface area contributed by atoms with Crippen LogP contribution in [0.25, 0.3) is 0 Å². The van der Waals surface area contributed by atoms with Gasteiger partial charge in [0.2, 0.25) is 5.91 Å². The Kier molecular flexibility index (Phi) is 31.3. The van der Waals surface area contributed by atoms with Crippen molar-refractivity contribution in [2.45, 2.75) is 189 Å². The first kappa shape index (κ1) is 69.7. The van der Waals surface area contributed by atoms with Gasteiger partial charge in [-0.25, -0.2) is 0 Å². The molecule has 79 heavy (non-hydrogen) atoms. The Morgan fingerprint density at radius 2 is 1.27 bits per heavy atom. The number of ether oxygens (including phenoxy) is 4. The number of nitrogens with one attached hydrogen (secondary N) is 1. The van der Waals surface area contributed by atoms with Gasteiger partial charge < -0.3 is 91.3 Å².